The van der Waals surface area contributed by atoms with Crippen LogP contribution in [-0.4, -0.2) is 25.8 Å². The standard InChI is InChI=1S/C12H17F3N2/c1-9(8-16-4-2-3-13)17-12-6-10(14)5-11(15)7-12/h5-7,9,16-17H,2-4,8H2,1H3. The van der Waals surface area contributed by atoms with E-state index in [2.05, 4.69) is 10.6 Å². The second kappa shape index (κ2) is 7.17. The largest absolute Gasteiger partial charge is 0.381 e. The van der Waals surface area contributed by atoms with Crippen LogP contribution in [0.5, 0.6) is 0 Å². The van der Waals surface area contributed by atoms with Crippen LogP contribution in [0.2, 0.25) is 0 Å². The Bertz CT molecular complexity index is 324. The van der Waals surface area contributed by atoms with Crippen molar-refractivity contribution in [2.75, 3.05) is 25.1 Å². The lowest BCUT2D eigenvalue weighted by Crippen LogP contribution is -2.31. The lowest BCUT2D eigenvalue weighted by molar-refractivity contribution is 0.457. The zero-order chi connectivity index (χ0) is 12.7. The van der Waals surface area contributed by atoms with Crippen LogP contribution in [-0.2, 0) is 0 Å². The maximum atomic E-state index is 12.9. The van der Waals surface area contributed by atoms with Gasteiger partial charge in [-0.15, -0.1) is 0 Å². The van der Waals surface area contributed by atoms with Crippen molar-refractivity contribution < 1.29 is 13.2 Å². The fourth-order valence-corrected chi connectivity index (χ4v) is 1.48. The highest BCUT2D eigenvalue weighted by Gasteiger charge is 2.04. The number of halogens is 3. The van der Waals surface area contributed by atoms with Crippen molar-refractivity contribution in [3.63, 3.8) is 0 Å². The summed E-state index contributed by atoms with van der Waals surface area (Å²) in [7, 11) is 0. The highest BCUT2D eigenvalue weighted by atomic mass is 19.1. The first kappa shape index (κ1) is 13.8. The fraction of sp³-hybridized carbons (Fsp3) is 0.500. The van der Waals surface area contributed by atoms with Gasteiger partial charge in [0.2, 0.25) is 0 Å². The van der Waals surface area contributed by atoms with Gasteiger partial charge in [-0.25, -0.2) is 8.78 Å². The summed E-state index contributed by atoms with van der Waals surface area (Å²) >= 11 is 0. The molecule has 0 fully saturated rings. The van der Waals surface area contributed by atoms with Gasteiger partial charge < -0.3 is 10.6 Å². The van der Waals surface area contributed by atoms with Gasteiger partial charge in [0.05, 0.1) is 6.67 Å². The Hall–Kier alpha value is -1.23. The molecule has 96 valence electrons. The summed E-state index contributed by atoms with van der Waals surface area (Å²) in [5, 5.41) is 6.01. The smallest absolute Gasteiger partial charge is 0.128 e. The van der Waals surface area contributed by atoms with Gasteiger partial charge in [0.1, 0.15) is 11.6 Å². The van der Waals surface area contributed by atoms with E-state index in [1.165, 1.54) is 12.1 Å². The van der Waals surface area contributed by atoms with Gasteiger partial charge in [-0.1, -0.05) is 0 Å². The SMILES string of the molecule is CC(CNCCCF)Nc1cc(F)cc(F)c1. The van der Waals surface area contributed by atoms with Crippen LogP contribution >= 0.6 is 0 Å². The van der Waals surface area contributed by atoms with Crippen molar-refractivity contribution in [2.45, 2.75) is 19.4 Å². The van der Waals surface area contributed by atoms with Gasteiger partial charge >= 0.3 is 0 Å². The highest BCUT2D eigenvalue weighted by molar-refractivity contribution is 5.44. The van der Waals surface area contributed by atoms with Gasteiger partial charge in [0, 0.05) is 24.3 Å². The fourth-order valence-electron chi connectivity index (χ4n) is 1.48. The van der Waals surface area contributed by atoms with Crippen LogP contribution in [0.4, 0.5) is 18.9 Å². The van der Waals surface area contributed by atoms with E-state index in [4.69, 9.17) is 0 Å². The van der Waals surface area contributed by atoms with Crippen molar-refractivity contribution in [1.82, 2.24) is 5.32 Å². The van der Waals surface area contributed by atoms with E-state index in [9.17, 15) is 13.2 Å². The lowest BCUT2D eigenvalue weighted by Gasteiger charge is -2.16. The molecule has 0 aliphatic heterocycles. The van der Waals surface area contributed by atoms with Crippen LogP contribution in [0.15, 0.2) is 18.2 Å². The van der Waals surface area contributed by atoms with E-state index in [0.717, 1.165) is 6.07 Å². The summed E-state index contributed by atoms with van der Waals surface area (Å²) in [4.78, 5) is 0. The molecule has 0 radical (unpaired) electrons. The van der Waals surface area contributed by atoms with E-state index in [1.54, 1.807) is 0 Å². The topological polar surface area (TPSA) is 24.1 Å². The van der Waals surface area contributed by atoms with Gasteiger partial charge in [-0.2, -0.15) is 0 Å². The Morgan fingerprint density at radius 1 is 1.18 bits per heavy atom. The Morgan fingerprint density at radius 3 is 2.41 bits per heavy atom. The predicted octanol–water partition coefficient (Wildman–Crippen LogP) is 2.71. The van der Waals surface area contributed by atoms with E-state index < -0.39 is 11.6 Å². The number of benzene rings is 1. The Morgan fingerprint density at radius 2 is 1.82 bits per heavy atom. The van der Waals surface area contributed by atoms with Crippen LogP contribution in [0.1, 0.15) is 13.3 Å². The van der Waals surface area contributed by atoms with Crippen LogP contribution in [0.3, 0.4) is 0 Å². The molecule has 0 heterocycles. The molecule has 1 unspecified atom stereocenters. The minimum atomic E-state index is -0.606. The van der Waals surface area contributed by atoms with Gasteiger partial charge in [-0.3, -0.25) is 4.39 Å². The molecule has 0 saturated heterocycles. The van der Waals surface area contributed by atoms with Crippen LogP contribution in [0, 0.1) is 11.6 Å². The number of rotatable bonds is 7. The predicted molar refractivity (Wildman–Crippen MR) is 62.9 cm³/mol. The summed E-state index contributed by atoms with van der Waals surface area (Å²) in [6, 6.07) is 3.31. The summed E-state index contributed by atoms with van der Waals surface area (Å²) < 4.78 is 37.6. The van der Waals surface area contributed by atoms with E-state index in [0.29, 0.717) is 25.2 Å². The maximum Gasteiger partial charge on any atom is 0.128 e. The molecule has 1 rings (SSSR count). The lowest BCUT2D eigenvalue weighted by atomic mass is 10.2. The molecule has 1 atom stereocenters. The normalized spacial score (nSPS) is 12.5. The molecule has 0 aliphatic carbocycles. The molecule has 0 aromatic heterocycles. The second-order valence-electron chi connectivity index (χ2n) is 3.95. The summed E-state index contributed by atoms with van der Waals surface area (Å²) in [6.45, 7) is 2.74. The van der Waals surface area contributed by atoms with Crippen molar-refractivity contribution in [1.29, 1.82) is 0 Å². The molecule has 1 aromatic rings. The first-order chi connectivity index (χ1) is 8.11. The summed E-state index contributed by atoms with van der Waals surface area (Å²) in [5.74, 6) is -1.21. The molecule has 5 heteroatoms. The Balaban J connectivity index is 2.36. The van der Waals surface area contributed by atoms with Crippen LogP contribution in [0.25, 0.3) is 0 Å². The number of nitrogens with one attached hydrogen (secondary N) is 2. The monoisotopic (exact) mass is 246 g/mol. The van der Waals surface area contributed by atoms with Crippen molar-refractivity contribution in [3.05, 3.63) is 29.8 Å². The molecule has 2 nitrogen and oxygen atoms in total. The zero-order valence-corrected chi connectivity index (χ0v) is 9.77. The first-order valence-corrected chi connectivity index (χ1v) is 5.61. The second-order valence-corrected chi connectivity index (χ2v) is 3.95. The molecule has 0 amide bonds. The number of anilines is 1. The highest BCUT2D eigenvalue weighted by Crippen LogP contribution is 2.13. The quantitative estimate of drug-likeness (QED) is 0.723. The molecular weight excluding hydrogens is 229 g/mol. The maximum absolute atomic E-state index is 12.9. The average molecular weight is 246 g/mol. The van der Waals surface area contributed by atoms with Crippen molar-refractivity contribution in [2.24, 2.45) is 0 Å². The molecule has 0 bridgehead atoms. The molecule has 0 aliphatic rings. The number of alkyl halides is 1. The third-order valence-electron chi connectivity index (χ3n) is 2.21. The number of hydrogen-bond donors (Lipinski definition) is 2. The van der Waals surface area contributed by atoms with E-state index in [-0.39, 0.29) is 12.7 Å². The molecule has 2 N–H and O–H groups in total. The van der Waals surface area contributed by atoms with Gasteiger partial charge in [-0.05, 0) is 32.0 Å². The summed E-state index contributed by atoms with van der Waals surface area (Å²) in [6.07, 6.45) is 0.474. The minimum Gasteiger partial charge on any atom is -0.381 e. The van der Waals surface area contributed by atoms with Crippen molar-refractivity contribution >= 4 is 5.69 Å². The average Bonchev–Trinajstić information content (AvgIpc) is 2.23. The Labute approximate surface area is 99.2 Å². The molecule has 0 spiro atoms. The van der Waals surface area contributed by atoms with Crippen LogP contribution < -0.4 is 10.6 Å². The minimum absolute atomic E-state index is 0.0100. The number of hydrogen-bond acceptors (Lipinski definition) is 2. The van der Waals surface area contributed by atoms with Crippen molar-refractivity contribution in [3.8, 4) is 0 Å². The van der Waals surface area contributed by atoms with E-state index in [1.807, 2.05) is 6.92 Å². The third kappa shape index (κ3) is 5.58. The van der Waals surface area contributed by atoms with E-state index >= 15 is 0 Å². The first-order valence-electron chi connectivity index (χ1n) is 5.61. The molecule has 17 heavy (non-hydrogen) atoms. The van der Waals surface area contributed by atoms with Gasteiger partial charge in [0.15, 0.2) is 0 Å². The Kier molecular flexibility index (Phi) is 5.83. The summed E-state index contributed by atoms with van der Waals surface area (Å²) in [5.41, 5.74) is 0.405. The molecule has 0 saturated carbocycles. The zero-order valence-electron chi connectivity index (χ0n) is 9.77. The molecule has 1 aromatic carbocycles. The third-order valence-corrected chi connectivity index (χ3v) is 2.21. The molecular formula is C12H17F3N2. The van der Waals surface area contributed by atoms with Gasteiger partial charge in [0.25, 0.3) is 0 Å².